The Morgan fingerprint density at radius 1 is 1.47 bits per heavy atom. The Balaban J connectivity index is 2.92. The molecule has 0 saturated carbocycles. The number of fused-ring (bicyclic) bond motifs is 1. The molecule has 0 unspecified atom stereocenters. The van der Waals surface area contributed by atoms with Gasteiger partial charge >= 0.3 is 0 Å². The summed E-state index contributed by atoms with van der Waals surface area (Å²) in [7, 11) is 1.43. The summed E-state index contributed by atoms with van der Waals surface area (Å²) in [5.74, 6) is -0.296. The standard InChI is InChI=1S/C10H7ClFNO2/c1-15-7-4-5-2-3-6(12)9(11)8(5)10(14)13-7/h2-4H,1H3,(H,13,14). The number of hydrogen-bond acceptors (Lipinski definition) is 2. The molecule has 0 bridgehead atoms. The minimum Gasteiger partial charge on any atom is -0.482 e. The van der Waals surface area contributed by atoms with Crippen LogP contribution in [0.2, 0.25) is 5.02 Å². The van der Waals surface area contributed by atoms with E-state index < -0.39 is 11.4 Å². The van der Waals surface area contributed by atoms with E-state index in [1.165, 1.54) is 19.2 Å². The lowest BCUT2D eigenvalue weighted by molar-refractivity contribution is 0.397. The van der Waals surface area contributed by atoms with Crippen LogP contribution in [0.3, 0.4) is 0 Å². The topological polar surface area (TPSA) is 42.1 Å². The van der Waals surface area contributed by atoms with Crippen molar-refractivity contribution in [1.82, 2.24) is 4.98 Å². The Hall–Kier alpha value is -1.55. The van der Waals surface area contributed by atoms with Crippen LogP contribution in [-0.2, 0) is 0 Å². The number of aromatic amines is 1. The molecule has 5 heteroatoms. The maximum absolute atomic E-state index is 13.1. The van der Waals surface area contributed by atoms with Gasteiger partial charge in [0, 0.05) is 6.07 Å². The van der Waals surface area contributed by atoms with Crippen molar-refractivity contribution in [1.29, 1.82) is 0 Å². The number of rotatable bonds is 1. The first-order chi connectivity index (χ1) is 7.13. The molecule has 1 aromatic heterocycles. The predicted molar refractivity (Wildman–Crippen MR) is 56.1 cm³/mol. The lowest BCUT2D eigenvalue weighted by atomic mass is 10.1. The summed E-state index contributed by atoms with van der Waals surface area (Å²) in [6.45, 7) is 0. The van der Waals surface area contributed by atoms with E-state index >= 15 is 0 Å². The Morgan fingerprint density at radius 2 is 2.20 bits per heavy atom. The molecule has 1 heterocycles. The third-order valence-corrected chi connectivity index (χ3v) is 2.47. The van der Waals surface area contributed by atoms with Gasteiger partial charge in [-0.3, -0.25) is 9.78 Å². The van der Waals surface area contributed by atoms with E-state index in [2.05, 4.69) is 4.98 Å². The Kier molecular flexibility index (Phi) is 2.36. The van der Waals surface area contributed by atoms with Crippen LogP contribution < -0.4 is 10.3 Å². The van der Waals surface area contributed by atoms with Gasteiger partial charge < -0.3 is 4.74 Å². The van der Waals surface area contributed by atoms with Gasteiger partial charge in [0.2, 0.25) is 0 Å². The maximum atomic E-state index is 13.1. The molecule has 1 aromatic carbocycles. The quantitative estimate of drug-likeness (QED) is 0.813. The van der Waals surface area contributed by atoms with Gasteiger partial charge in [0.25, 0.3) is 5.56 Å². The Labute approximate surface area is 89.4 Å². The van der Waals surface area contributed by atoms with Crippen molar-refractivity contribution in [2.24, 2.45) is 0 Å². The van der Waals surface area contributed by atoms with Crippen LogP contribution in [0.5, 0.6) is 5.88 Å². The molecule has 0 radical (unpaired) electrons. The molecule has 0 amide bonds. The summed E-state index contributed by atoms with van der Waals surface area (Å²) < 4.78 is 18.0. The van der Waals surface area contributed by atoms with Gasteiger partial charge in [-0.15, -0.1) is 0 Å². The van der Waals surface area contributed by atoms with Gasteiger partial charge in [0.05, 0.1) is 17.5 Å². The Bertz CT molecular complexity index is 579. The van der Waals surface area contributed by atoms with Gasteiger partial charge in [-0.05, 0) is 11.5 Å². The smallest absolute Gasteiger partial charge is 0.260 e. The highest BCUT2D eigenvalue weighted by Gasteiger charge is 2.09. The zero-order chi connectivity index (χ0) is 11.0. The molecule has 0 spiro atoms. The fraction of sp³-hybridized carbons (Fsp3) is 0.100. The van der Waals surface area contributed by atoms with Crippen LogP contribution in [0, 0.1) is 5.82 Å². The van der Waals surface area contributed by atoms with Crippen molar-refractivity contribution in [2.75, 3.05) is 7.11 Å². The maximum Gasteiger partial charge on any atom is 0.260 e. The van der Waals surface area contributed by atoms with Crippen molar-refractivity contribution < 1.29 is 9.13 Å². The minimum absolute atomic E-state index is 0.137. The average molecular weight is 228 g/mol. The first-order valence-corrected chi connectivity index (χ1v) is 4.56. The van der Waals surface area contributed by atoms with E-state index in [9.17, 15) is 9.18 Å². The highest BCUT2D eigenvalue weighted by atomic mass is 35.5. The first-order valence-electron chi connectivity index (χ1n) is 4.18. The van der Waals surface area contributed by atoms with Crippen molar-refractivity contribution in [3.05, 3.63) is 39.4 Å². The molecule has 0 aliphatic carbocycles. The predicted octanol–water partition coefficient (Wildman–Crippen LogP) is 2.33. The molecule has 1 N–H and O–H groups in total. The van der Waals surface area contributed by atoms with Crippen molar-refractivity contribution in [2.45, 2.75) is 0 Å². The van der Waals surface area contributed by atoms with Gasteiger partial charge in [-0.25, -0.2) is 4.39 Å². The number of nitrogens with one attached hydrogen (secondary N) is 1. The minimum atomic E-state index is -0.611. The fourth-order valence-electron chi connectivity index (χ4n) is 1.38. The number of aromatic nitrogens is 1. The van der Waals surface area contributed by atoms with Crippen molar-refractivity contribution in [3.63, 3.8) is 0 Å². The van der Waals surface area contributed by atoms with Gasteiger partial charge in [0.1, 0.15) is 5.82 Å². The van der Waals surface area contributed by atoms with Gasteiger partial charge in [-0.2, -0.15) is 0 Å². The average Bonchev–Trinajstić information content (AvgIpc) is 2.23. The van der Waals surface area contributed by atoms with Crippen molar-refractivity contribution >= 4 is 22.4 Å². The van der Waals surface area contributed by atoms with Crippen LogP contribution in [0.4, 0.5) is 4.39 Å². The third kappa shape index (κ3) is 1.57. The second-order valence-corrected chi connectivity index (χ2v) is 3.37. The number of pyridine rings is 1. The molecule has 0 aliphatic heterocycles. The summed E-state index contributed by atoms with van der Waals surface area (Å²) in [6, 6.07) is 4.28. The van der Waals surface area contributed by atoms with E-state index in [0.717, 1.165) is 0 Å². The monoisotopic (exact) mass is 227 g/mol. The number of halogens is 2. The Morgan fingerprint density at radius 3 is 2.87 bits per heavy atom. The van der Waals surface area contributed by atoms with E-state index in [-0.39, 0.29) is 10.4 Å². The number of benzene rings is 1. The highest BCUT2D eigenvalue weighted by Crippen LogP contribution is 2.24. The van der Waals surface area contributed by atoms with Crippen LogP contribution in [-0.4, -0.2) is 12.1 Å². The zero-order valence-corrected chi connectivity index (χ0v) is 8.56. The van der Waals surface area contributed by atoms with Gasteiger partial charge in [-0.1, -0.05) is 17.7 Å². The third-order valence-electron chi connectivity index (χ3n) is 2.10. The lowest BCUT2D eigenvalue weighted by Gasteiger charge is -2.03. The molecule has 15 heavy (non-hydrogen) atoms. The second-order valence-electron chi connectivity index (χ2n) is 2.99. The van der Waals surface area contributed by atoms with Gasteiger partial charge in [0.15, 0.2) is 5.88 Å². The lowest BCUT2D eigenvalue weighted by Crippen LogP contribution is -2.08. The van der Waals surface area contributed by atoms with E-state index in [1.54, 1.807) is 6.07 Å². The molecule has 0 atom stereocenters. The van der Waals surface area contributed by atoms with Crippen LogP contribution in [0.1, 0.15) is 0 Å². The molecule has 2 rings (SSSR count). The fourth-order valence-corrected chi connectivity index (χ4v) is 1.64. The SMILES string of the molecule is COc1cc2ccc(F)c(Cl)c2c(=O)[nH]1. The number of ether oxygens (including phenoxy) is 1. The number of hydrogen-bond donors (Lipinski definition) is 1. The molecule has 78 valence electrons. The first kappa shape index (κ1) is 9.98. The zero-order valence-electron chi connectivity index (χ0n) is 7.80. The molecule has 0 fully saturated rings. The number of methoxy groups -OCH3 is 1. The van der Waals surface area contributed by atoms with E-state index in [4.69, 9.17) is 16.3 Å². The van der Waals surface area contributed by atoms with E-state index in [1.807, 2.05) is 0 Å². The summed E-state index contributed by atoms with van der Waals surface area (Å²) >= 11 is 5.69. The van der Waals surface area contributed by atoms with E-state index in [0.29, 0.717) is 11.3 Å². The normalized spacial score (nSPS) is 10.6. The molecule has 0 aliphatic rings. The summed E-state index contributed by atoms with van der Waals surface area (Å²) in [5, 5.41) is 0.510. The molecular formula is C10H7ClFNO2. The molecule has 2 aromatic rings. The second kappa shape index (κ2) is 3.55. The van der Waals surface area contributed by atoms with Crippen LogP contribution in [0.25, 0.3) is 10.8 Å². The van der Waals surface area contributed by atoms with Crippen LogP contribution in [0.15, 0.2) is 23.0 Å². The molecule has 3 nitrogen and oxygen atoms in total. The largest absolute Gasteiger partial charge is 0.482 e. The molecular weight excluding hydrogens is 221 g/mol. The number of H-pyrrole nitrogens is 1. The molecule has 0 saturated heterocycles. The van der Waals surface area contributed by atoms with Crippen LogP contribution >= 0.6 is 11.6 Å². The highest BCUT2D eigenvalue weighted by molar-refractivity contribution is 6.35. The summed E-state index contributed by atoms with van der Waals surface area (Å²) in [5.41, 5.74) is -0.464. The van der Waals surface area contributed by atoms with Crippen molar-refractivity contribution in [3.8, 4) is 5.88 Å². The summed E-state index contributed by atoms with van der Waals surface area (Å²) in [6.07, 6.45) is 0. The summed E-state index contributed by atoms with van der Waals surface area (Å²) in [4.78, 5) is 14.0.